The minimum atomic E-state index is 0.0522. The molecule has 2 aromatic rings. The summed E-state index contributed by atoms with van der Waals surface area (Å²) in [7, 11) is 0. The standard InChI is InChI=1S/C16H21N5O2S/c1-13-12-24-16(23)21(13)7-2-4-14(22)19-8-10-20(11-9-19)15-17-5-3-6-18-15/h3,5-6,12H,2,4,7-11H2,1H3. The number of aromatic nitrogens is 3. The van der Waals surface area contributed by atoms with Crippen molar-refractivity contribution in [2.75, 3.05) is 31.1 Å². The van der Waals surface area contributed by atoms with Crippen LogP contribution in [0.3, 0.4) is 0 Å². The third kappa shape index (κ3) is 3.81. The second kappa shape index (κ2) is 7.57. The predicted molar refractivity (Wildman–Crippen MR) is 93.4 cm³/mol. The predicted octanol–water partition coefficient (Wildman–Crippen LogP) is 1.14. The lowest BCUT2D eigenvalue weighted by atomic mass is 10.2. The van der Waals surface area contributed by atoms with Gasteiger partial charge in [0.1, 0.15) is 0 Å². The van der Waals surface area contributed by atoms with Crippen LogP contribution >= 0.6 is 11.3 Å². The van der Waals surface area contributed by atoms with E-state index in [1.807, 2.05) is 17.2 Å². The van der Waals surface area contributed by atoms with Crippen molar-refractivity contribution in [1.82, 2.24) is 19.4 Å². The summed E-state index contributed by atoms with van der Waals surface area (Å²) in [6.45, 7) is 5.41. The van der Waals surface area contributed by atoms with E-state index >= 15 is 0 Å². The highest BCUT2D eigenvalue weighted by atomic mass is 32.1. The molecule has 1 aliphatic heterocycles. The van der Waals surface area contributed by atoms with Crippen LogP contribution in [-0.4, -0.2) is 51.5 Å². The third-order valence-corrected chi connectivity index (χ3v) is 5.10. The minimum Gasteiger partial charge on any atom is -0.339 e. The fourth-order valence-electron chi connectivity index (χ4n) is 2.83. The van der Waals surface area contributed by atoms with Gasteiger partial charge in [-0.1, -0.05) is 11.3 Å². The number of amides is 1. The van der Waals surface area contributed by atoms with Crippen molar-refractivity contribution in [3.8, 4) is 0 Å². The first-order valence-corrected chi connectivity index (χ1v) is 8.98. The quantitative estimate of drug-likeness (QED) is 0.811. The van der Waals surface area contributed by atoms with Gasteiger partial charge in [0.05, 0.1) is 0 Å². The highest BCUT2D eigenvalue weighted by molar-refractivity contribution is 7.07. The van der Waals surface area contributed by atoms with Gasteiger partial charge in [-0.3, -0.25) is 9.59 Å². The van der Waals surface area contributed by atoms with Gasteiger partial charge in [0.2, 0.25) is 11.9 Å². The lowest BCUT2D eigenvalue weighted by molar-refractivity contribution is -0.131. The molecule has 3 heterocycles. The van der Waals surface area contributed by atoms with Crippen LogP contribution in [0.15, 0.2) is 28.6 Å². The fourth-order valence-corrected chi connectivity index (χ4v) is 3.59. The van der Waals surface area contributed by atoms with Crippen LogP contribution in [0, 0.1) is 6.92 Å². The van der Waals surface area contributed by atoms with Crippen molar-refractivity contribution >= 4 is 23.2 Å². The molecule has 1 fully saturated rings. The number of thiazole rings is 1. The molecule has 0 bridgehead atoms. The maximum atomic E-state index is 12.3. The average Bonchev–Trinajstić information content (AvgIpc) is 2.94. The Hall–Kier alpha value is -2.22. The third-order valence-electron chi connectivity index (χ3n) is 4.22. The Kier molecular flexibility index (Phi) is 5.24. The first-order valence-electron chi connectivity index (χ1n) is 8.10. The van der Waals surface area contributed by atoms with E-state index in [2.05, 4.69) is 14.9 Å². The van der Waals surface area contributed by atoms with Crippen LogP contribution in [0.2, 0.25) is 0 Å². The molecule has 0 spiro atoms. The molecular formula is C16H21N5O2S. The summed E-state index contributed by atoms with van der Waals surface area (Å²) in [5.41, 5.74) is 0.967. The lowest BCUT2D eigenvalue weighted by Crippen LogP contribution is -2.49. The zero-order valence-electron chi connectivity index (χ0n) is 13.7. The van der Waals surface area contributed by atoms with Crippen LogP contribution in [0.5, 0.6) is 0 Å². The van der Waals surface area contributed by atoms with Crippen LogP contribution in [0.1, 0.15) is 18.5 Å². The van der Waals surface area contributed by atoms with Crippen molar-refractivity contribution < 1.29 is 4.79 Å². The number of piperazine rings is 1. The summed E-state index contributed by atoms with van der Waals surface area (Å²) in [6, 6.07) is 1.80. The van der Waals surface area contributed by atoms with Crippen molar-refractivity contribution in [2.24, 2.45) is 0 Å². The SMILES string of the molecule is Cc1csc(=O)n1CCCC(=O)N1CCN(c2ncccn2)CC1. The normalized spacial score (nSPS) is 14.9. The van der Waals surface area contributed by atoms with E-state index in [-0.39, 0.29) is 10.8 Å². The number of carbonyl (C=O) groups is 1. The van der Waals surface area contributed by atoms with Gasteiger partial charge >= 0.3 is 4.87 Å². The first kappa shape index (κ1) is 16.6. The molecule has 2 aromatic heterocycles. The van der Waals surface area contributed by atoms with Gasteiger partial charge in [-0.2, -0.15) is 0 Å². The van der Waals surface area contributed by atoms with Gasteiger partial charge < -0.3 is 14.4 Å². The van der Waals surface area contributed by atoms with E-state index < -0.39 is 0 Å². The first-order chi connectivity index (χ1) is 11.6. The van der Waals surface area contributed by atoms with Crippen molar-refractivity contribution in [2.45, 2.75) is 26.3 Å². The molecule has 1 amide bonds. The summed E-state index contributed by atoms with van der Waals surface area (Å²) >= 11 is 1.21. The number of carbonyl (C=O) groups excluding carboxylic acids is 1. The molecule has 0 unspecified atom stereocenters. The Labute approximate surface area is 144 Å². The number of hydrogen-bond donors (Lipinski definition) is 0. The van der Waals surface area contributed by atoms with E-state index in [4.69, 9.17) is 0 Å². The Bertz CT molecular complexity index is 734. The van der Waals surface area contributed by atoms with Crippen LogP contribution in [0.25, 0.3) is 0 Å². The van der Waals surface area contributed by atoms with Gasteiger partial charge in [-0.05, 0) is 19.4 Å². The Morgan fingerprint density at radius 1 is 1.21 bits per heavy atom. The Morgan fingerprint density at radius 3 is 2.54 bits per heavy atom. The number of aryl methyl sites for hydroxylation is 1. The molecule has 1 aliphatic rings. The van der Waals surface area contributed by atoms with Crippen LogP contribution < -0.4 is 9.77 Å². The summed E-state index contributed by atoms with van der Waals surface area (Å²) < 4.78 is 1.74. The van der Waals surface area contributed by atoms with Crippen LogP contribution in [0.4, 0.5) is 5.95 Å². The number of hydrogen-bond acceptors (Lipinski definition) is 6. The fraction of sp³-hybridized carbons (Fsp3) is 0.500. The largest absolute Gasteiger partial charge is 0.339 e. The monoisotopic (exact) mass is 347 g/mol. The molecule has 0 aliphatic carbocycles. The summed E-state index contributed by atoms with van der Waals surface area (Å²) in [5, 5.41) is 1.86. The molecule has 128 valence electrons. The highest BCUT2D eigenvalue weighted by Gasteiger charge is 2.22. The zero-order valence-corrected chi connectivity index (χ0v) is 14.5. The second-order valence-corrected chi connectivity index (χ2v) is 6.64. The molecule has 7 nitrogen and oxygen atoms in total. The molecule has 1 saturated heterocycles. The number of anilines is 1. The van der Waals surface area contributed by atoms with E-state index in [9.17, 15) is 9.59 Å². The molecule has 0 aromatic carbocycles. The van der Waals surface area contributed by atoms with E-state index in [1.54, 1.807) is 23.0 Å². The van der Waals surface area contributed by atoms with Gasteiger partial charge in [0.25, 0.3) is 0 Å². The molecular weight excluding hydrogens is 326 g/mol. The Balaban J connectivity index is 1.45. The summed E-state index contributed by atoms with van der Waals surface area (Å²) in [4.78, 5) is 36.5. The van der Waals surface area contributed by atoms with Crippen LogP contribution in [-0.2, 0) is 11.3 Å². The zero-order chi connectivity index (χ0) is 16.9. The topological polar surface area (TPSA) is 71.3 Å². The van der Waals surface area contributed by atoms with E-state index in [1.165, 1.54) is 11.3 Å². The van der Waals surface area contributed by atoms with Gasteiger partial charge in [0, 0.05) is 62.6 Å². The Morgan fingerprint density at radius 2 is 1.92 bits per heavy atom. The van der Waals surface area contributed by atoms with Gasteiger partial charge in [0.15, 0.2) is 0 Å². The maximum Gasteiger partial charge on any atom is 0.307 e. The van der Waals surface area contributed by atoms with Gasteiger partial charge in [-0.25, -0.2) is 9.97 Å². The second-order valence-electron chi connectivity index (χ2n) is 5.81. The number of rotatable bonds is 5. The van der Waals surface area contributed by atoms with Gasteiger partial charge in [-0.15, -0.1) is 0 Å². The lowest BCUT2D eigenvalue weighted by Gasteiger charge is -2.34. The summed E-state index contributed by atoms with van der Waals surface area (Å²) in [5.74, 6) is 0.876. The molecule has 0 radical (unpaired) electrons. The summed E-state index contributed by atoms with van der Waals surface area (Å²) in [6.07, 6.45) is 4.63. The average molecular weight is 347 g/mol. The minimum absolute atomic E-state index is 0.0522. The molecule has 8 heteroatoms. The van der Waals surface area contributed by atoms with Crippen molar-refractivity contribution in [3.05, 3.63) is 39.2 Å². The molecule has 24 heavy (non-hydrogen) atoms. The van der Waals surface area contributed by atoms with E-state index in [0.29, 0.717) is 32.5 Å². The number of nitrogens with zero attached hydrogens (tertiary/aromatic N) is 5. The molecule has 3 rings (SSSR count). The van der Waals surface area contributed by atoms with E-state index in [0.717, 1.165) is 24.7 Å². The smallest absolute Gasteiger partial charge is 0.307 e. The maximum absolute atomic E-state index is 12.3. The highest BCUT2D eigenvalue weighted by Crippen LogP contribution is 2.11. The van der Waals surface area contributed by atoms with Crippen molar-refractivity contribution in [1.29, 1.82) is 0 Å². The molecule has 0 atom stereocenters. The van der Waals surface area contributed by atoms with Crippen molar-refractivity contribution in [3.63, 3.8) is 0 Å². The molecule has 0 N–H and O–H groups in total. The molecule has 0 saturated carbocycles.